The molecule has 0 aliphatic carbocycles. The van der Waals surface area contributed by atoms with Gasteiger partial charge in [-0.25, -0.2) is 0 Å². The van der Waals surface area contributed by atoms with Crippen molar-refractivity contribution < 1.29 is 5.32 Å². The van der Waals surface area contributed by atoms with E-state index < -0.39 is 0 Å². The molecule has 0 amide bonds. The number of aromatic nitrogens is 2. The highest BCUT2D eigenvalue weighted by Crippen LogP contribution is 2.13. The fourth-order valence-electron chi connectivity index (χ4n) is 2.59. The topological polar surface area (TPSA) is 62.4 Å². The first kappa shape index (κ1) is 14.5. The standard InChI is InChI=1S/C18H19N3O/c1-2-13-5-6-17-15(8-13)9-16(18(22)21-17)12-20-11-14-4-3-7-19-10-14/h3-10,20H,2,11-12H2,1H3,(H,21,22)/p+1. The molecule has 2 aromatic heterocycles. The molecule has 0 unspecified atom stereocenters. The van der Waals surface area contributed by atoms with Crippen molar-refractivity contribution in [2.45, 2.75) is 26.4 Å². The molecular formula is C18H20N3O+. The Kier molecular flexibility index (Phi) is 4.30. The van der Waals surface area contributed by atoms with E-state index in [9.17, 15) is 4.79 Å². The highest BCUT2D eigenvalue weighted by Gasteiger charge is 2.05. The summed E-state index contributed by atoms with van der Waals surface area (Å²) in [6.07, 6.45) is 4.62. The number of hydrogen-bond acceptors (Lipinski definition) is 2. The Hall–Kier alpha value is -2.46. The predicted octanol–water partition coefficient (Wildman–Crippen LogP) is 1.75. The minimum absolute atomic E-state index is 0.000754. The summed E-state index contributed by atoms with van der Waals surface area (Å²) < 4.78 is 0. The first-order valence-corrected chi connectivity index (χ1v) is 7.61. The summed E-state index contributed by atoms with van der Waals surface area (Å²) in [6, 6.07) is 12.2. The van der Waals surface area contributed by atoms with E-state index in [2.05, 4.69) is 34.3 Å². The Balaban J connectivity index is 1.78. The van der Waals surface area contributed by atoms with Crippen molar-refractivity contribution in [2.75, 3.05) is 0 Å². The van der Waals surface area contributed by atoms with Crippen molar-refractivity contribution in [3.8, 4) is 0 Å². The molecule has 2 heterocycles. The Morgan fingerprint density at radius 2 is 2.05 bits per heavy atom. The van der Waals surface area contributed by atoms with Crippen LogP contribution in [0.2, 0.25) is 0 Å². The average molecular weight is 294 g/mol. The third-order valence-electron chi connectivity index (χ3n) is 3.86. The van der Waals surface area contributed by atoms with Gasteiger partial charge in [0.25, 0.3) is 5.56 Å². The number of quaternary nitrogens is 1. The van der Waals surface area contributed by atoms with E-state index in [1.54, 1.807) is 6.20 Å². The molecule has 3 aromatic rings. The number of rotatable bonds is 5. The summed E-state index contributed by atoms with van der Waals surface area (Å²) in [7, 11) is 0. The van der Waals surface area contributed by atoms with Crippen LogP contribution in [0, 0.1) is 0 Å². The normalized spacial score (nSPS) is 11.0. The van der Waals surface area contributed by atoms with Gasteiger partial charge in [-0.2, -0.15) is 0 Å². The molecule has 4 heteroatoms. The van der Waals surface area contributed by atoms with Gasteiger partial charge in [0.2, 0.25) is 0 Å². The predicted molar refractivity (Wildman–Crippen MR) is 87.5 cm³/mol. The fraction of sp³-hybridized carbons (Fsp3) is 0.222. The SMILES string of the molecule is CCc1ccc2[nH]c(=O)c(C[NH2+]Cc3cccnc3)cc2c1. The number of fused-ring (bicyclic) bond motifs is 1. The second kappa shape index (κ2) is 6.54. The van der Waals surface area contributed by atoms with Crippen LogP contribution in [-0.2, 0) is 19.5 Å². The highest BCUT2D eigenvalue weighted by molar-refractivity contribution is 5.79. The number of H-pyrrole nitrogens is 1. The number of hydrogen-bond donors (Lipinski definition) is 2. The van der Waals surface area contributed by atoms with Crippen LogP contribution < -0.4 is 10.9 Å². The van der Waals surface area contributed by atoms with Gasteiger partial charge >= 0.3 is 0 Å². The van der Waals surface area contributed by atoms with Crippen molar-refractivity contribution in [3.05, 3.63) is 75.8 Å². The first-order valence-electron chi connectivity index (χ1n) is 7.61. The third kappa shape index (κ3) is 3.23. The van der Waals surface area contributed by atoms with Gasteiger partial charge in [-0.3, -0.25) is 9.78 Å². The van der Waals surface area contributed by atoms with Crippen LogP contribution in [0.1, 0.15) is 23.6 Å². The van der Waals surface area contributed by atoms with Gasteiger partial charge in [0.1, 0.15) is 13.1 Å². The minimum atomic E-state index is -0.000754. The van der Waals surface area contributed by atoms with Gasteiger partial charge in [0.15, 0.2) is 0 Å². The van der Waals surface area contributed by atoms with Gasteiger partial charge in [-0.15, -0.1) is 0 Å². The van der Waals surface area contributed by atoms with Crippen molar-refractivity contribution in [1.29, 1.82) is 0 Å². The van der Waals surface area contributed by atoms with Crippen LogP contribution in [0.3, 0.4) is 0 Å². The Morgan fingerprint density at radius 1 is 1.14 bits per heavy atom. The summed E-state index contributed by atoms with van der Waals surface area (Å²) in [4.78, 5) is 19.2. The fourth-order valence-corrected chi connectivity index (χ4v) is 2.59. The monoisotopic (exact) mass is 294 g/mol. The summed E-state index contributed by atoms with van der Waals surface area (Å²) in [5.41, 5.74) is 4.15. The molecule has 0 aliphatic rings. The lowest BCUT2D eigenvalue weighted by molar-refractivity contribution is -0.686. The molecule has 0 aliphatic heterocycles. The highest BCUT2D eigenvalue weighted by atomic mass is 16.1. The van der Waals surface area contributed by atoms with Gasteiger partial charge in [0.05, 0.1) is 5.56 Å². The summed E-state index contributed by atoms with van der Waals surface area (Å²) in [6.45, 7) is 3.62. The molecule has 3 N–H and O–H groups in total. The maximum atomic E-state index is 12.1. The molecular weight excluding hydrogens is 274 g/mol. The summed E-state index contributed by atoms with van der Waals surface area (Å²) in [5.74, 6) is 0. The number of benzene rings is 1. The number of nitrogens with two attached hydrogens (primary N) is 1. The molecule has 1 aromatic carbocycles. The quantitative estimate of drug-likeness (QED) is 0.753. The van der Waals surface area contributed by atoms with Crippen LogP contribution in [-0.4, -0.2) is 9.97 Å². The van der Waals surface area contributed by atoms with E-state index in [0.717, 1.165) is 35.0 Å². The maximum Gasteiger partial charge on any atom is 0.257 e. The van der Waals surface area contributed by atoms with Crippen molar-refractivity contribution in [1.82, 2.24) is 9.97 Å². The van der Waals surface area contributed by atoms with E-state index in [1.807, 2.05) is 30.5 Å². The largest absolute Gasteiger partial charge is 0.339 e. The van der Waals surface area contributed by atoms with E-state index in [0.29, 0.717) is 6.54 Å². The molecule has 4 nitrogen and oxygen atoms in total. The molecule has 3 rings (SSSR count). The maximum absolute atomic E-state index is 12.1. The number of pyridine rings is 2. The molecule has 0 saturated carbocycles. The molecule has 22 heavy (non-hydrogen) atoms. The number of nitrogens with one attached hydrogen (secondary N) is 1. The number of nitrogens with zero attached hydrogens (tertiary/aromatic N) is 1. The lowest BCUT2D eigenvalue weighted by Gasteiger charge is -2.05. The zero-order valence-corrected chi connectivity index (χ0v) is 12.7. The van der Waals surface area contributed by atoms with Gasteiger partial charge in [0, 0.05) is 23.5 Å². The zero-order valence-electron chi connectivity index (χ0n) is 12.7. The molecule has 0 atom stereocenters. The lowest BCUT2D eigenvalue weighted by atomic mass is 10.1. The second-order valence-corrected chi connectivity index (χ2v) is 5.46. The van der Waals surface area contributed by atoms with Crippen LogP contribution in [0.25, 0.3) is 10.9 Å². The Bertz CT molecular complexity index is 825. The van der Waals surface area contributed by atoms with Crippen molar-refractivity contribution >= 4 is 10.9 Å². The van der Waals surface area contributed by atoms with Crippen molar-refractivity contribution in [2.24, 2.45) is 0 Å². The molecule has 0 bridgehead atoms. The second-order valence-electron chi connectivity index (χ2n) is 5.46. The van der Waals surface area contributed by atoms with E-state index in [-0.39, 0.29) is 5.56 Å². The van der Waals surface area contributed by atoms with Crippen LogP contribution >= 0.6 is 0 Å². The van der Waals surface area contributed by atoms with E-state index in [4.69, 9.17) is 0 Å². The summed E-state index contributed by atoms with van der Waals surface area (Å²) >= 11 is 0. The number of aromatic amines is 1. The molecule has 0 radical (unpaired) electrons. The average Bonchev–Trinajstić information content (AvgIpc) is 2.56. The van der Waals surface area contributed by atoms with E-state index >= 15 is 0 Å². The minimum Gasteiger partial charge on any atom is -0.339 e. The first-order chi connectivity index (χ1) is 10.8. The smallest absolute Gasteiger partial charge is 0.257 e. The van der Waals surface area contributed by atoms with Crippen LogP contribution in [0.4, 0.5) is 0 Å². The van der Waals surface area contributed by atoms with Crippen LogP contribution in [0.15, 0.2) is 53.6 Å². The van der Waals surface area contributed by atoms with Crippen LogP contribution in [0.5, 0.6) is 0 Å². The third-order valence-corrected chi connectivity index (χ3v) is 3.86. The van der Waals surface area contributed by atoms with Gasteiger partial charge < -0.3 is 10.3 Å². The molecule has 0 fully saturated rings. The molecule has 0 spiro atoms. The van der Waals surface area contributed by atoms with Crippen molar-refractivity contribution in [3.63, 3.8) is 0 Å². The lowest BCUT2D eigenvalue weighted by Crippen LogP contribution is -2.81. The summed E-state index contributed by atoms with van der Waals surface area (Å²) in [5, 5.41) is 3.22. The molecule has 0 saturated heterocycles. The van der Waals surface area contributed by atoms with Gasteiger partial charge in [-0.1, -0.05) is 19.1 Å². The van der Waals surface area contributed by atoms with E-state index in [1.165, 1.54) is 5.56 Å². The zero-order chi connectivity index (χ0) is 15.4. The van der Waals surface area contributed by atoms with Gasteiger partial charge in [-0.05, 0) is 41.6 Å². The number of aryl methyl sites for hydroxylation is 1. The Morgan fingerprint density at radius 3 is 2.82 bits per heavy atom. The Labute approximate surface area is 129 Å². The molecule has 112 valence electrons.